The molecule has 1 heterocycles. The lowest BCUT2D eigenvalue weighted by molar-refractivity contribution is -0.134. The fourth-order valence-corrected chi connectivity index (χ4v) is 2.43. The molecule has 3 rings (SSSR count). The van der Waals surface area contributed by atoms with Crippen LogP contribution in [0.4, 0.5) is 0 Å². The zero-order valence-corrected chi connectivity index (χ0v) is 11.5. The zero-order chi connectivity index (χ0) is 14.7. The van der Waals surface area contributed by atoms with Crippen molar-refractivity contribution in [1.82, 2.24) is 4.90 Å². The van der Waals surface area contributed by atoms with Crippen molar-refractivity contribution in [2.45, 2.75) is 13.1 Å². The van der Waals surface area contributed by atoms with Gasteiger partial charge in [0.1, 0.15) is 11.8 Å². The van der Waals surface area contributed by atoms with Crippen LogP contribution in [0.25, 0.3) is 0 Å². The molecule has 1 aliphatic rings. The van der Waals surface area contributed by atoms with Gasteiger partial charge in [0, 0.05) is 13.1 Å². The van der Waals surface area contributed by atoms with Crippen molar-refractivity contribution in [2.24, 2.45) is 0 Å². The molecule has 0 spiro atoms. The Balaban J connectivity index is 1.63. The van der Waals surface area contributed by atoms with Gasteiger partial charge in [0.15, 0.2) is 6.61 Å². The molecule has 0 aromatic heterocycles. The smallest absolute Gasteiger partial charge is 0.261 e. The second-order valence-electron chi connectivity index (χ2n) is 4.92. The lowest BCUT2D eigenvalue weighted by Crippen LogP contribution is -2.30. The summed E-state index contributed by atoms with van der Waals surface area (Å²) in [5.41, 5.74) is 2.81. The Hall–Kier alpha value is -2.80. The summed E-state index contributed by atoms with van der Waals surface area (Å²) in [5, 5.41) is 8.99. The van der Waals surface area contributed by atoms with Crippen LogP contribution in [-0.4, -0.2) is 17.4 Å². The number of fused-ring (bicyclic) bond motifs is 1. The van der Waals surface area contributed by atoms with E-state index in [0.717, 1.165) is 0 Å². The van der Waals surface area contributed by atoms with Crippen molar-refractivity contribution in [3.63, 3.8) is 0 Å². The first-order valence-corrected chi connectivity index (χ1v) is 6.74. The van der Waals surface area contributed by atoms with E-state index in [2.05, 4.69) is 6.07 Å². The maximum absolute atomic E-state index is 12.2. The minimum atomic E-state index is -0.0704. The first-order valence-electron chi connectivity index (χ1n) is 6.74. The first-order chi connectivity index (χ1) is 10.3. The van der Waals surface area contributed by atoms with Gasteiger partial charge < -0.3 is 9.64 Å². The van der Waals surface area contributed by atoms with Gasteiger partial charge in [-0.15, -0.1) is 0 Å². The molecule has 104 valence electrons. The molecule has 2 aromatic carbocycles. The molecule has 4 heteroatoms. The summed E-state index contributed by atoms with van der Waals surface area (Å²) < 4.78 is 5.49. The molecule has 1 aliphatic heterocycles. The Labute approximate surface area is 123 Å². The molecule has 0 saturated heterocycles. The maximum Gasteiger partial charge on any atom is 0.261 e. The van der Waals surface area contributed by atoms with Gasteiger partial charge in [-0.05, 0) is 23.3 Å². The third kappa shape index (κ3) is 2.72. The van der Waals surface area contributed by atoms with E-state index in [4.69, 9.17) is 10.00 Å². The summed E-state index contributed by atoms with van der Waals surface area (Å²) in [6.45, 7) is 1.20. The Morgan fingerprint density at radius 3 is 2.38 bits per heavy atom. The molecular weight excluding hydrogens is 264 g/mol. The number of hydrogen-bond acceptors (Lipinski definition) is 3. The Morgan fingerprint density at radius 2 is 1.71 bits per heavy atom. The van der Waals surface area contributed by atoms with Crippen molar-refractivity contribution in [1.29, 1.82) is 5.26 Å². The highest BCUT2D eigenvalue weighted by Gasteiger charge is 2.23. The summed E-state index contributed by atoms with van der Waals surface area (Å²) in [4.78, 5) is 14.0. The highest BCUT2D eigenvalue weighted by Crippen LogP contribution is 2.22. The molecule has 0 radical (unpaired) electrons. The molecule has 0 saturated carbocycles. The Kier molecular flexibility index (Phi) is 3.57. The zero-order valence-electron chi connectivity index (χ0n) is 11.5. The Bertz CT molecular complexity index is 694. The summed E-state index contributed by atoms with van der Waals surface area (Å²) in [6, 6.07) is 17.0. The summed E-state index contributed by atoms with van der Waals surface area (Å²) >= 11 is 0. The number of para-hydroxylation sites is 1. The fourth-order valence-electron chi connectivity index (χ4n) is 2.43. The molecule has 0 atom stereocenters. The standard InChI is InChI=1S/C17H14N2O2/c18-9-13-5-3-4-8-16(13)21-12-17(20)19-10-14-6-1-2-7-15(14)11-19/h1-8H,10-12H2. The van der Waals surface area contributed by atoms with Crippen LogP contribution in [0.2, 0.25) is 0 Å². The highest BCUT2D eigenvalue weighted by atomic mass is 16.5. The molecule has 21 heavy (non-hydrogen) atoms. The van der Waals surface area contributed by atoms with Crippen LogP contribution in [0, 0.1) is 11.3 Å². The average Bonchev–Trinajstić information content (AvgIpc) is 2.97. The van der Waals surface area contributed by atoms with Gasteiger partial charge in [0.25, 0.3) is 5.91 Å². The van der Waals surface area contributed by atoms with E-state index in [0.29, 0.717) is 24.4 Å². The fraction of sp³-hybridized carbons (Fsp3) is 0.176. The largest absolute Gasteiger partial charge is 0.482 e. The third-order valence-corrected chi connectivity index (χ3v) is 3.55. The van der Waals surface area contributed by atoms with E-state index >= 15 is 0 Å². The van der Waals surface area contributed by atoms with Crippen LogP contribution < -0.4 is 4.74 Å². The van der Waals surface area contributed by atoms with Crippen LogP contribution in [0.3, 0.4) is 0 Å². The van der Waals surface area contributed by atoms with Crippen molar-refractivity contribution in [3.05, 3.63) is 65.2 Å². The number of ether oxygens (including phenoxy) is 1. The highest BCUT2D eigenvalue weighted by molar-refractivity contribution is 5.78. The number of rotatable bonds is 3. The van der Waals surface area contributed by atoms with Gasteiger partial charge in [-0.25, -0.2) is 0 Å². The molecule has 1 amide bonds. The maximum atomic E-state index is 12.2. The molecule has 0 bridgehead atoms. The van der Waals surface area contributed by atoms with Gasteiger partial charge >= 0.3 is 0 Å². The van der Waals surface area contributed by atoms with Crippen LogP contribution in [-0.2, 0) is 17.9 Å². The summed E-state index contributed by atoms with van der Waals surface area (Å²) in [5.74, 6) is 0.379. The minimum absolute atomic E-state index is 0.0489. The van der Waals surface area contributed by atoms with Gasteiger partial charge in [-0.3, -0.25) is 4.79 Å². The number of carbonyl (C=O) groups excluding carboxylic acids is 1. The number of amides is 1. The predicted octanol–water partition coefficient (Wildman–Crippen LogP) is 2.48. The second kappa shape index (κ2) is 5.68. The quantitative estimate of drug-likeness (QED) is 0.866. The molecule has 4 nitrogen and oxygen atoms in total. The first kappa shape index (κ1) is 13.2. The molecule has 2 aromatic rings. The third-order valence-electron chi connectivity index (χ3n) is 3.55. The predicted molar refractivity (Wildman–Crippen MR) is 77.3 cm³/mol. The Morgan fingerprint density at radius 1 is 1.10 bits per heavy atom. The number of benzene rings is 2. The van der Waals surface area contributed by atoms with Gasteiger partial charge in [0.05, 0.1) is 5.56 Å². The van der Waals surface area contributed by atoms with E-state index in [1.54, 1.807) is 29.2 Å². The van der Waals surface area contributed by atoms with E-state index in [1.165, 1.54) is 11.1 Å². The van der Waals surface area contributed by atoms with Crippen LogP contribution >= 0.6 is 0 Å². The normalized spacial score (nSPS) is 12.6. The van der Waals surface area contributed by atoms with Gasteiger partial charge in [-0.1, -0.05) is 36.4 Å². The molecule has 0 N–H and O–H groups in total. The van der Waals surface area contributed by atoms with E-state index < -0.39 is 0 Å². The van der Waals surface area contributed by atoms with Crippen LogP contribution in [0.5, 0.6) is 5.75 Å². The van der Waals surface area contributed by atoms with Crippen LogP contribution in [0.1, 0.15) is 16.7 Å². The number of carbonyl (C=O) groups is 1. The number of nitrogens with zero attached hydrogens (tertiary/aromatic N) is 2. The average molecular weight is 278 g/mol. The van der Waals surface area contributed by atoms with Crippen LogP contribution in [0.15, 0.2) is 48.5 Å². The van der Waals surface area contributed by atoms with Gasteiger partial charge in [0.2, 0.25) is 0 Å². The summed E-state index contributed by atoms with van der Waals surface area (Å²) in [7, 11) is 0. The van der Waals surface area contributed by atoms with Crippen molar-refractivity contribution < 1.29 is 9.53 Å². The van der Waals surface area contributed by atoms with E-state index in [-0.39, 0.29) is 12.5 Å². The number of hydrogen-bond donors (Lipinski definition) is 0. The van der Waals surface area contributed by atoms with E-state index in [9.17, 15) is 4.79 Å². The topological polar surface area (TPSA) is 53.3 Å². The van der Waals surface area contributed by atoms with E-state index in [1.807, 2.05) is 24.3 Å². The van der Waals surface area contributed by atoms with Crippen molar-refractivity contribution in [3.8, 4) is 11.8 Å². The van der Waals surface area contributed by atoms with Crippen molar-refractivity contribution in [2.75, 3.05) is 6.61 Å². The molecule has 0 aliphatic carbocycles. The van der Waals surface area contributed by atoms with Gasteiger partial charge in [-0.2, -0.15) is 5.26 Å². The number of nitriles is 1. The minimum Gasteiger partial charge on any atom is -0.482 e. The second-order valence-corrected chi connectivity index (χ2v) is 4.92. The summed E-state index contributed by atoms with van der Waals surface area (Å²) in [6.07, 6.45) is 0. The van der Waals surface area contributed by atoms with Crippen molar-refractivity contribution >= 4 is 5.91 Å². The SMILES string of the molecule is N#Cc1ccccc1OCC(=O)N1Cc2ccccc2C1. The molecule has 0 fully saturated rings. The monoisotopic (exact) mass is 278 g/mol. The lowest BCUT2D eigenvalue weighted by atomic mass is 10.1. The lowest BCUT2D eigenvalue weighted by Gasteiger charge is -2.16. The molecule has 0 unspecified atom stereocenters. The molecular formula is C17H14N2O2.